The van der Waals surface area contributed by atoms with Crippen LogP contribution in [0.15, 0.2) is 48.5 Å². The van der Waals surface area contributed by atoms with Gasteiger partial charge in [0.25, 0.3) is 5.91 Å². The second-order valence-corrected chi connectivity index (χ2v) is 6.88. The van der Waals surface area contributed by atoms with E-state index in [0.717, 1.165) is 48.3 Å². The van der Waals surface area contributed by atoms with E-state index in [0.29, 0.717) is 17.9 Å². The van der Waals surface area contributed by atoms with Gasteiger partial charge in [0.1, 0.15) is 11.5 Å². The Morgan fingerprint density at radius 1 is 1.14 bits per heavy atom. The third-order valence-electron chi connectivity index (χ3n) is 5.06. The summed E-state index contributed by atoms with van der Waals surface area (Å²) in [5.41, 5.74) is 4.39. The van der Waals surface area contributed by atoms with Gasteiger partial charge < -0.3 is 10.6 Å². The minimum atomic E-state index is -0.345. The number of carbonyl (C=O) groups excluding carboxylic acids is 1. The van der Waals surface area contributed by atoms with Gasteiger partial charge in [-0.15, -0.1) is 0 Å². The summed E-state index contributed by atoms with van der Waals surface area (Å²) < 4.78 is 15.9. The zero-order valence-corrected chi connectivity index (χ0v) is 15.8. The van der Waals surface area contributed by atoms with Gasteiger partial charge in [0.2, 0.25) is 0 Å². The molecule has 0 unspecified atom stereocenters. The molecule has 5 nitrogen and oxygen atoms in total. The summed E-state index contributed by atoms with van der Waals surface area (Å²) in [6, 6.07) is 14.2. The molecule has 1 aliphatic rings. The van der Waals surface area contributed by atoms with E-state index in [1.54, 1.807) is 22.9 Å². The summed E-state index contributed by atoms with van der Waals surface area (Å²) in [5, 5.41) is 10.8. The number of halogens is 1. The highest BCUT2D eigenvalue weighted by molar-refractivity contribution is 6.04. The second-order valence-electron chi connectivity index (χ2n) is 6.88. The van der Waals surface area contributed by atoms with E-state index < -0.39 is 0 Å². The monoisotopic (exact) mass is 378 g/mol. The lowest BCUT2D eigenvalue weighted by molar-refractivity contribution is 0.102. The highest BCUT2D eigenvalue weighted by Crippen LogP contribution is 2.29. The van der Waals surface area contributed by atoms with Gasteiger partial charge in [-0.3, -0.25) is 4.79 Å². The molecule has 2 aromatic carbocycles. The summed E-state index contributed by atoms with van der Waals surface area (Å²) >= 11 is 0. The van der Waals surface area contributed by atoms with Crippen molar-refractivity contribution in [1.29, 1.82) is 0 Å². The molecule has 28 heavy (non-hydrogen) atoms. The van der Waals surface area contributed by atoms with Gasteiger partial charge in [-0.25, -0.2) is 9.07 Å². The maximum absolute atomic E-state index is 14.3. The molecule has 0 atom stereocenters. The first-order valence-corrected chi connectivity index (χ1v) is 9.64. The molecule has 0 aliphatic heterocycles. The molecule has 4 rings (SSSR count). The van der Waals surface area contributed by atoms with Crippen molar-refractivity contribution >= 4 is 11.6 Å². The van der Waals surface area contributed by atoms with Gasteiger partial charge in [0.05, 0.1) is 0 Å². The predicted octanol–water partition coefficient (Wildman–Crippen LogP) is 3.86. The van der Waals surface area contributed by atoms with Crippen LogP contribution in [0.3, 0.4) is 0 Å². The van der Waals surface area contributed by atoms with Crippen LogP contribution in [0.5, 0.6) is 0 Å². The smallest absolute Gasteiger partial charge is 0.276 e. The fourth-order valence-electron chi connectivity index (χ4n) is 3.68. The van der Waals surface area contributed by atoms with E-state index in [4.69, 9.17) is 0 Å². The summed E-state index contributed by atoms with van der Waals surface area (Å²) in [5.74, 6) is -0.597. The molecule has 0 spiro atoms. The first kappa shape index (κ1) is 18.4. The first-order valence-electron chi connectivity index (χ1n) is 9.64. The van der Waals surface area contributed by atoms with Gasteiger partial charge in [-0.2, -0.15) is 5.10 Å². The van der Waals surface area contributed by atoms with Crippen LogP contribution in [-0.4, -0.2) is 22.2 Å². The average Bonchev–Trinajstić information content (AvgIpc) is 3.30. The van der Waals surface area contributed by atoms with E-state index >= 15 is 0 Å². The molecule has 6 heteroatoms. The Hall–Kier alpha value is -2.99. The SMILES string of the molecule is CCNCc1ccccc1NC(=O)c1nn(-c2ccccc2F)c2c1CCC2. The molecule has 0 fully saturated rings. The number of benzene rings is 2. The Bertz CT molecular complexity index is 1010. The number of fused-ring (bicyclic) bond motifs is 1. The van der Waals surface area contributed by atoms with Gasteiger partial charge in [-0.1, -0.05) is 37.3 Å². The van der Waals surface area contributed by atoms with Crippen LogP contribution in [-0.2, 0) is 19.4 Å². The topological polar surface area (TPSA) is 58.9 Å². The van der Waals surface area contributed by atoms with E-state index in [-0.39, 0.29) is 11.7 Å². The second kappa shape index (κ2) is 7.94. The van der Waals surface area contributed by atoms with Gasteiger partial charge in [0.15, 0.2) is 5.69 Å². The normalized spacial score (nSPS) is 12.8. The number of amides is 1. The lowest BCUT2D eigenvalue weighted by atomic mass is 10.1. The Kier molecular flexibility index (Phi) is 5.21. The fourth-order valence-corrected chi connectivity index (χ4v) is 3.68. The van der Waals surface area contributed by atoms with Gasteiger partial charge in [0, 0.05) is 23.5 Å². The molecule has 0 bridgehead atoms. The number of nitrogens with zero attached hydrogens (tertiary/aromatic N) is 2. The van der Waals surface area contributed by atoms with Crippen molar-refractivity contribution < 1.29 is 9.18 Å². The molecule has 3 aromatic rings. The zero-order valence-electron chi connectivity index (χ0n) is 15.8. The third kappa shape index (κ3) is 3.43. The number of hydrogen-bond acceptors (Lipinski definition) is 3. The number of nitrogens with one attached hydrogen (secondary N) is 2. The lowest BCUT2D eigenvalue weighted by Crippen LogP contribution is -2.18. The third-order valence-corrected chi connectivity index (χ3v) is 5.06. The maximum atomic E-state index is 14.3. The van der Waals surface area contributed by atoms with Crippen LogP contribution in [0.25, 0.3) is 5.69 Å². The Balaban J connectivity index is 1.67. The highest BCUT2D eigenvalue weighted by Gasteiger charge is 2.28. The number of para-hydroxylation sites is 2. The van der Waals surface area contributed by atoms with Crippen LogP contribution in [0, 0.1) is 5.82 Å². The molecule has 1 aromatic heterocycles. The van der Waals surface area contributed by atoms with E-state index in [1.165, 1.54) is 6.07 Å². The largest absolute Gasteiger partial charge is 0.320 e. The number of carbonyl (C=O) groups is 1. The molecule has 2 N–H and O–H groups in total. The van der Waals surface area contributed by atoms with Crippen LogP contribution >= 0.6 is 0 Å². The molecule has 0 saturated carbocycles. The first-order chi connectivity index (χ1) is 13.7. The maximum Gasteiger partial charge on any atom is 0.276 e. The van der Waals surface area contributed by atoms with Crippen LogP contribution in [0.2, 0.25) is 0 Å². The van der Waals surface area contributed by atoms with Crippen molar-refractivity contribution in [2.24, 2.45) is 0 Å². The molecule has 0 saturated heterocycles. The molecule has 1 amide bonds. The number of aromatic nitrogens is 2. The minimum Gasteiger partial charge on any atom is -0.320 e. The van der Waals surface area contributed by atoms with E-state index in [2.05, 4.69) is 15.7 Å². The summed E-state index contributed by atoms with van der Waals surface area (Å²) in [7, 11) is 0. The standard InChI is InChI=1S/C22H23FN4O/c1-2-24-14-15-8-3-5-11-18(15)25-22(28)21-16-9-7-13-19(16)27(26-21)20-12-6-4-10-17(20)23/h3-6,8,10-12,24H,2,7,9,13-14H2,1H3,(H,25,28). The highest BCUT2D eigenvalue weighted by atomic mass is 19.1. The van der Waals surface area contributed by atoms with Crippen molar-refractivity contribution in [3.05, 3.63) is 76.9 Å². The summed E-state index contributed by atoms with van der Waals surface area (Å²) in [6.07, 6.45) is 2.52. The van der Waals surface area contributed by atoms with Crippen LogP contribution < -0.4 is 10.6 Å². The summed E-state index contributed by atoms with van der Waals surface area (Å²) in [4.78, 5) is 13.0. The van der Waals surface area contributed by atoms with Crippen molar-refractivity contribution in [3.63, 3.8) is 0 Å². The van der Waals surface area contributed by atoms with E-state index in [1.807, 2.05) is 31.2 Å². The number of anilines is 1. The summed E-state index contributed by atoms with van der Waals surface area (Å²) in [6.45, 7) is 3.57. The number of hydrogen-bond donors (Lipinski definition) is 2. The number of rotatable bonds is 6. The van der Waals surface area contributed by atoms with E-state index in [9.17, 15) is 9.18 Å². The van der Waals surface area contributed by atoms with Crippen molar-refractivity contribution in [1.82, 2.24) is 15.1 Å². The van der Waals surface area contributed by atoms with Gasteiger partial charge in [-0.05, 0) is 49.6 Å². The minimum absolute atomic E-state index is 0.253. The van der Waals surface area contributed by atoms with Crippen LogP contribution in [0.1, 0.15) is 40.7 Å². The predicted molar refractivity (Wildman–Crippen MR) is 107 cm³/mol. The Morgan fingerprint density at radius 2 is 1.93 bits per heavy atom. The Morgan fingerprint density at radius 3 is 2.75 bits per heavy atom. The quantitative estimate of drug-likeness (QED) is 0.685. The molecular formula is C22H23FN4O. The zero-order chi connectivity index (χ0) is 19.5. The van der Waals surface area contributed by atoms with Crippen molar-refractivity contribution in [3.8, 4) is 5.69 Å². The Labute approximate surface area is 163 Å². The molecule has 1 heterocycles. The fraction of sp³-hybridized carbons (Fsp3) is 0.273. The van der Waals surface area contributed by atoms with Crippen molar-refractivity contribution in [2.45, 2.75) is 32.7 Å². The molecule has 144 valence electrons. The lowest BCUT2D eigenvalue weighted by Gasteiger charge is -2.11. The van der Waals surface area contributed by atoms with Crippen molar-refractivity contribution in [2.75, 3.05) is 11.9 Å². The van der Waals surface area contributed by atoms with Crippen LogP contribution in [0.4, 0.5) is 10.1 Å². The molecule has 0 radical (unpaired) electrons. The average molecular weight is 378 g/mol. The molecular weight excluding hydrogens is 355 g/mol. The van der Waals surface area contributed by atoms with Gasteiger partial charge >= 0.3 is 0 Å². The molecule has 1 aliphatic carbocycles.